The van der Waals surface area contributed by atoms with E-state index in [9.17, 15) is 14.3 Å². The van der Waals surface area contributed by atoms with E-state index in [1.165, 1.54) is 31.4 Å². The Labute approximate surface area is 125 Å². The molecule has 2 rings (SSSR count). The minimum atomic E-state index is -0.819. The largest absolute Gasteiger partial charge is 0.386 e. The summed E-state index contributed by atoms with van der Waals surface area (Å²) in [5.74, 6) is 0.143. The number of nitrogens with one attached hydrogen (secondary N) is 1. The maximum Gasteiger partial charge on any atom is 0.220 e. The van der Waals surface area contributed by atoms with Gasteiger partial charge in [-0.25, -0.2) is 4.39 Å². The van der Waals surface area contributed by atoms with Crippen LogP contribution in [0.5, 0.6) is 0 Å². The van der Waals surface area contributed by atoms with Crippen molar-refractivity contribution < 1.29 is 14.3 Å². The van der Waals surface area contributed by atoms with Gasteiger partial charge in [-0.15, -0.1) is 0 Å². The number of halogens is 1. The second-order valence-corrected chi connectivity index (χ2v) is 6.06. The Morgan fingerprint density at radius 1 is 1.29 bits per heavy atom. The standard InChI is InChI=1S/C17H24FNO2/c1-12(17(21)14-7-9-15(18)10-8-14)19-16(20)11-13-5-3-2-4-6-13/h7-10,12-13,17,21H,2-6,11H2,1H3,(H,19,20). The summed E-state index contributed by atoms with van der Waals surface area (Å²) in [5.41, 5.74) is 0.613. The zero-order valence-corrected chi connectivity index (χ0v) is 12.5. The van der Waals surface area contributed by atoms with E-state index in [4.69, 9.17) is 0 Å². The first-order valence-corrected chi connectivity index (χ1v) is 7.79. The summed E-state index contributed by atoms with van der Waals surface area (Å²) < 4.78 is 12.9. The average molecular weight is 293 g/mol. The van der Waals surface area contributed by atoms with Crippen LogP contribution in [0.15, 0.2) is 24.3 Å². The SMILES string of the molecule is CC(NC(=O)CC1CCCCC1)C(O)c1ccc(F)cc1. The lowest BCUT2D eigenvalue weighted by Gasteiger charge is -2.24. The third kappa shape index (κ3) is 4.81. The molecule has 1 fully saturated rings. The van der Waals surface area contributed by atoms with Crippen LogP contribution in [-0.4, -0.2) is 17.1 Å². The average Bonchev–Trinajstić information content (AvgIpc) is 2.48. The third-order valence-corrected chi connectivity index (χ3v) is 4.27. The van der Waals surface area contributed by atoms with E-state index in [1.807, 2.05) is 0 Å². The van der Waals surface area contributed by atoms with Crippen LogP contribution in [0.25, 0.3) is 0 Å². The van der Waals surface area contributed by atoms with E-state index in [2.05, 4.69) is 5.32 Å². The molecule has 0 heterocycles. The van der Waals surface area contributed by atoms with Gasteiger partial charge in [-0.3, -0.25) is 4.79 Å². The second-order valence-electron chi connectivity index (χ2n) is 6.06. The number of carbonyl (C=O) groups excluding carboxylic acids is 1. The van der Waals surface area contributed by atoms with Crippen LogP contribution in [0.4, 0.5) is 4.39 Å². The molecular formula is C17H24FNO2. The molecule has 116 valence electrons. The van der Waals surface area contributed by atoms with Crippen LogP contribution in [0.2, 0.25) is 0 Å². The van der Waals surface area contributed by atoms with Crippen molar-refractivity contribution in [2.45, 2.75) is 57.6 Å². The molecule has 21 heavy (non-hydrogen) atoms. The van der Waals surface area contributed by atoms with Crippen LogP contribution in [-0.2, 0) is 4.79 Å². The number of hydrogen-bond donors (Lipinski definition) is 2. The van der Waals surface area contributed by atoms with Crippen molar-refractivity contribution in [3.8, 4) is 0 Å². The number of aliphatic hydroxyl groups is 1. The first-order valence-electron chi connectivity index (χ1n) is 7.79. The highest BCUT2D eigenvalue weighted by molar-refractivity contribution is 5.76. The van der Waals surface area contributed by atoms with Gasteiger partial charge in [0.15, 0.2) is 0 Å². The molecule has 1 aromatic carbocycles. The zero-order chi connectivity index (χ0) is 15.2. The van der Waals surface area contributed by atoms with Gasteiger partial charge in [-0.05, 0) is 43.4 Å². The molecule has 0 aromatic heterocycles. The molecule has 1 aliphatic carbocycles. The Kier molecular flexibility index (Phi) is 5.74. The molecule has 2 unspecified atom stereocenters. The predicted octanol–water partition coefficient (Wildman–Crippen LogP) is 3.33. The van der Waals surface area contributed by atoms with E-state index >= 15 is 0 Å². The summed E-state index contributed by atoms with van der Waals surface area (Å²) in [6, 6.07) is 5.34. The monoisotopic (exact) mass is 293 g/mol. The Balaban J connectivity index is 1.83. The smallest absolute Gasteiger partial charge is 0.220 e. The molecule has 1 aromatic rings. The Bertz CT molecular complexity index is 454. The summed E-state index contributed by atoms with van der Waals surface area (Å²) in [6.45, 7) is 1.77. The van der Waals surface area contributed by atoms with Gasteiger partial charge in [0.1, 0.15) is 5.82 Å². The Morgan fingerprint density at radius 2 is 1.90 bits per heavy atom. The molecule has 0 spiro atoms. The molecule has 4 heteroatoms. The van der Waals surface area contributed by atoms with Crippen LogP contribution >= 0.6 is 0 Å². The molecular weight excluding hydrogens is 269 g/mol. The first-order chi connectivity index (χ1) is 10.1. The van der Waals surface area contributed by atoms with Gasteiger partial charge in [0.2, 0.25) is 5.91 Å². The van der Waals surface area contributed by atoms with Gasteiger partial charge in [0, 0.05) is 6.42 Å². The van der Waals surface area contributed by atoms with Crippen molar-refractivity contribution in [2.24, 2.45) is 5.92 Å². The fourth-order valence-electron chi connectivity index (χ4n) is 2.99. The van der Waals surface area contributed by atoms with E-state index < -0.39 is 6.10 Å². The number of aliphatic hydroxyl groups excluding tert-OH is 1. The van der Waals surface area contributed by atoms with Gasteiger partial charge in [-0.1, -0.05) is 31.4 Å². The van der Waals surface area contributed by atoms with Crippen molar-refractivity contribution in [3.63, 3.8) is 0 Å². The van der Waals surface area contributed by atoms with Gasteiger partial charge in [0.25, 0.3) is 0 Å². The van der Waals surface area contributed by atoms with Crippen molar-refractivity contribution >= 4 is 5.91 Å². The van der Waals surface area contributed by atoms with E-state index in [-0.39, 0.29) is 17.8 Å². The van der Waals surface area contributed by atoms with Crippen molar-refractivity contribution in [3.05, 3.63) is 35.6 Å². The normalized spacial score (nSPS) is 19.0. The number of amides is 1. The van der Waals surface area contributed by atoms with Crippen molar-refractivity contribution in [1.82, 2.24) is 5.32 Å². The number of carbonyl (C=O) groups is 1. The molecule has 1 amide bonds. The fraction of sp³-hybridized carbons (Fsp3) is 0.588. The summed E-state index contributed by atoms with van der Waals surface area (Å²) >= 11 is 0. The summed E-state index contributed by atoms with van der Waals surface area (Å²) in [6.07, 6.45) is 5.68. The topological polar surface area (TPSA) is 49.3 Å². The van der Waals surface area contributed by atoms with E-state index in [0.29, 0.717) is 17.9 Å². The quantitative estimate of drug-likeness (QED) is 0.875. The third-order valence-electron chi connectivity index (χ3n) is 4.27. The van der Waals surface area contributed by atoms with Crippen LogP contribution in [0.1, 0.15) is 57.1 Å². The Morgan fingerprint density at radius 3 is 2.52 bits per heavy atom. The fourth-order valence-corrected chi connectivity index (χ4v) is 2.99. The maximum absolute atomic E-state index is 12.9. The number of hydrogen-bond acceptors (Lipinski definition) is 2. The highest BCUT2D eigenvalue weighted by atomic mass is 19.1. The Hall–Kier alpha value is -1.42. The second kappa shape index (κ2) is 7.55. The van der Waals surface area contributed by atoms with E-state index in [0.717, 1.165) is 12.8 Å². The van der Waals surface area contributed by atoms with Crippen molar-refractivity contribution in [1.29, 1.82) is 0 Å². The minimum absolute atomic E-state index is 0.00411. The molecule has 1 saturated carbocycles. The molecule has 2 atom stereocenters. The van der Waals surface area contributed by atoms with Crippen LogP contribution < -0.4 is 5.32 Å². The summed E-state index contributed by atoms with van der Waals surface area (Å²) in [4.78, 5) is 12.0. The molecule has 0 aliphatic heterocycles. The number of rotatable bonds is 5. The lowest BCUT2D eigenvalue weighted by Crippen LogP contribution is -2.38. The van der Waals surface area contributed by atoms with Gasteiger partial charge in [0.05, 0.1) is 12.1 Å². The first kappa shape index (κ1) is 16.0. The van der Waals surface area contributed by atoms with Gasteiger partial charge >= 0.3 is 0 Å². The highest BCUT2D eigenvalue weighted by Crippen LogP contribution is 2.26. The molecule has 0 radical (unpaired) electrons. The number of benzene rings is 1. The van der Waals surface area contributed by atoms with Crippen LogP contribution in [0.3, 0.4) is 0 Å². The molecule has 2 N–H and O–H groups in total. The minimum Gasteiger partial charge on any atom is -0.386 e. The lowest BCUT2D eigenvalue weighted by molar-refractivity contribution is -0.123. The molecule has 0 bridgehead atoms. The molecule has 1 aliphatic rings. The van der Waals surface area contributed by atoms with Crippen molar-refractivity contribution in [2.75, 3.05) is 0 Å². The van der Waals surface area contributed by atoms with E-state index in [1.54, 1.807) is 19.1 Å². The summed E-state index contributed by atoms with van der Waals surface area (Å²) in [7, 11) is 0. The zero-order valence-electron chi connectivity index (χ0n) is 12.5. The highest BCUT2D eigenvalue weighted by Gasteiger charge is 2.21. The molecule has 0 saturated heterocycles. The summed E-state index contributed by atoms with van der Waals surface area (Å²) in [5, 5.41) is 13.1. The van der Waals surface area contributed by atoms with Gasteiger partial charge in [-0.2, -0.15) is 0 Å². The maximum atomic E-state index is 12.9. The lowest BCUT2D eigenvalue weighted by atomic mass is 9.87. The van der Waals surface area contributed by atoms with Gasteiger partial charge < -0.3 is 10.4 Å². The van der Waals surface area contributed by atoms with Crippen LogP contribution in [0, 0.1) is 11.7 Å². The predicted molar refractivity (Wildman–Crippen MR) is 80.2 cm³/mol. The molecule has 3 nitrogen and oxygen atoms in total.